The van der Waals surface area contributed by atoms with E-state index in [0.717, 1.165) is 22.4 Å². The van der Waals surface area contributed by atoms with E-state index in [1.54, 1.807) is 18.3 Å². The highest BCUT2D eigenvalue weighted by atomic mass is 19.1. The van der Waals surface area contributed by atoms with Crippen molar-refractivity contribution in [2.45, 2.75) is 12.6 Å². The standard InChI is InChI=1S/C18H18FN3O/c19-16-8-6-14(7-9-16)18-15(11-21-22-18)10-20-12-17(23)13-4-2-1-3-5-13/h1-9,11,17,20,23H,10,12H2,(H,21,22)/t17-/m0/s1. The second kappa shape index (κ2) is 7.17. The lowest BCUT2D eigenvalue weighted by Crippen LogP contribution is -2.21. The molecule has 23 heavy (non-hydrogen) atoms. The number of nitrogens with zero attached hydrogens (tertiary/aromatic N) is 1. The lowest BCUT2D eigenvalue weighted by atomic mass is 10.1. The predicted molar refractivity (Wildman–Crippen MR) is 87.1 cm³/mol. The lowest BCUT2D eigenvalue weighted by molar-refractivity contribution is 0.174. The van der Waals surface area contributed by atoms with Crippen LogP contribution in [-0.4, -0.2) is 21.8 Å². The fourth-order valence-corrected chi connectivity index (χ4v) is 2.45. The predicted octanol–water partition coefficient (Wildman–Crippen LogP) is 3.04. The molecule has 2 aromatic carbocycles. The van der Waals surface area contributed by atoms with Gasteiger partial charge in [0.25, 0.3) is 0 Å². The molecule has 0 spiro atoms. The van der Waals surface area contributed by atoms with Gasteiger partial charge in [0.15, 0.2) is 0 Å². The number of hydrogen-bond donors (Lipinski definition) is 3. The molecular weight excluding hydrogens is 293 g/mol. The van der Waals surface area contributed by atoms with E-state index in [0.29, 0.717) is 13.1 Å². The van der Waals surface area contributed by atoms with Gasteiger partial charge >= 0.3 is 0 Å². The third-order valence-electron chi connectivity index (χ3n) is 3.69. The van der Waals surface area contributed by atoms with E-state index in [2.05, 4.69) is 15.5 Å². The maximum Gasteiger partial charge on any atom is 0.123 e. The second-order valence-corrected chi connectivity index (χ2v) is 5.33. The molecule has 1 aromatic heterocycles. The quantitative estimate of drug-likeness (QED) is 0.656. The molecule has 0 aliphatic carbocycles. The Morgan fingerprint density at radius 1 is 1.09 bits per heavy atom. The van der Waals surface area contributed by atoms with Crippen LogP contribution in [-0.2, 0) is 6.54 Å². The van der Waals surface area contributed by atoms with Gasteiger partial charge in [-0.15, -0.1) is 0 Å². The topological polar surface area (TPSA) is 60.9 Å². The Labute approximate surface area is 134 Å². The summed E-state index contributed by atoms with van der Waals surface area (Å²) in [7, 11) is 0. The van der Waals surface area contributed by atoms with Crippen LogP contribution in [0, 0.1) is 5.82 Å². The Bertz CT molecular complexity index is 740. The van der Waals surface area contributed by atoms with Crippen LogP contribution in [0.25, 0.3) is 11.3 Å². The van der Waals surface area contributed by atoms with Crippen LogP contribution in [0.3, 0.4) is 0 Å². The first-order valence-corrected chi connectivity index (χ1v) is 7.46. The lowest BCUT2D eigenvalue weighted by Gasteiger charge is -2.12. The van der Waals surface area contributed by atoms with Gasteiger partial charge in [-0.05, 0) is 29.8 Å². The van der Waals surface area contributed by atoms with Gasteiger partial charge in [-0.25, -0.2) is 4.39 Å². The Morgan fingerprint density at radius 2 is 1.83 bits per heavy atom. The van der Waals surface area contributed by atoms with Crippen molar-refractivity contribution in [1.82, 2.24) is 15.5 Å². The van der Waals surface area contributed by atoms with Gasteiger partial charge in [0.2, 0.25) is 0 Å². The number of H-pyrrole nitrogens is 1. The number of aromatic amines is 1. The summed E-state index contributed by atoms with van der Waals surface area (Å²) >= 11 is 0. The highest BCUT2D eigenvalue weighted by Crippen LogP contribution is 2.21. The molecule has 3 aromatic rings. The minimum absolute atomic E-state index is 0.265. The van der Waals surface area contributed by atoms with Crippen molar-refractivity contribution in [2.75, 3.05) is 6.54 Å². The summed E-state index contributed by atoms with van der Waals surface area (Å²) < 4.78 is 13.0. The van der Waals surface area contributed by atoms with Gasteiger partial charge in [0.1, 0.15) is 5.82 Å². The number of halogens is 1. The van der Waals surface area contributed by atoms with E-state index in [9.17, 15) is 9.50 Å². The molecule has 0 bridgehead atoms. The molecule has 1 atom stereocenters. The van der Waals surface area contributed by atoms with Gasteiger partial charge in [-0.2, -0.15) is 5.10 Å². The fraction of sp³-hybridized carbons (Fsp3) is 0.167. The Balaban J connectivity index is 1.61. The van der Waals surface area contributed by atoms with Crippen molar-refractivity contribution in [3.8, 4) is 11.3 Å². The summed E-state index contributed by atoms with van der Waals surface area (Å²) in [6.45, 7) is 1.01. The van der Waals surface area contributed by atoms with Crippen LogP contribution in [0.5, 0.6) is 0 Å². The van der Waals surface area contributed by atoms with E-state index in [4.69, 9.17) is 0 Å². The third-order valence-corrected chi connectivity index (χ3v) is 3.69. The summed E-state index contributed by atoms with van der Waals surface area (Å²) in [6.07, 6.45) is 1.18. The number of aliphatic hydroxyl groups excluding tert-OH is 1. The van der Waals surface area contributed by atoms with E-state index >= 15 is 0 Å². The average Bonchev–Trinajstić information content (AvgIpc) is 3.05. The summed E-state index contributed by atoms with van der Waals surface area (Å²) in [5, 5.41) is 20.4. The Kier molecular flexibility index (Phi) is 4.80. The zero-order chi connectivity index (χ0) is 16.1. The number of nitrogens with one attached hydrogen (secondary N) is 2. The Morgan fingerprint density at radius 3 is 2.57 bits per heavy atom. The van der Waals surface area contributed by atoms with Crippen LogP contribution in [0.15, 0.2) is 60.8 Å². The van der Waals surface area contributed by atoms with Crippen LogP contribution in [0.2, 0.25) is 0 Å². The van der Waals surface area contributed by atoms with E-state index in [1.807, 2.05) is 30.3 Å². The van der Waals surface area contributed by atoms with Crippen molar-refractivity contribution >= 4 is 0 Å². The van der Waals surface area contributed by atoms with Crippen LogP contribution in [0.4, 0.5) is 4.39 Å². The fourth-order valence-electron chi connectivity index (χ4n) is 2.45. The van der Waals surface area contributed by atoms with Crippen LogP contribution in [0.1, 0.15) is 17.2 Å². The van der Waals surface area contributed by atoms with Crippen LogP contribution < -0.4 is 5.32 Å². The summed E-state index contributed by atoms with van der Waals surface area (Å²) in [6, 6.07) is 15.8. The first-order valence-electron chi connectivity index (χ1n) is 7.46. The van der Waals surface area contributed by atoms with Crippen molar-refractivity contribution in [2.24, 2.45) is 0 Å². The van der Waals surface area contributed by atoms with Gasteiger partial charge < -0.3 is 10.4 Å². The molecular formula is C18H18FN3O. The molecule has 3 rings (SSSR count). The molecule has 118 valence electrons. The van der Waals surface area contributed by atoms with Gasteiger partial charge in [-0.3, -0.25) is 5.10 Å². The molecule has 0 fully saturated rings. The van der Waals surface area contributed by atoms with Crippen molar-refractivity contribution in [3.05, 3.63) is 77.7 Å². The van der Waals surface area contributed by atoms with Crippen LogP contribution >= 0.6 is 0 Å². The van der Waals surface area contributed by atoms with Crippen molar-refractivity contribution in [1.29, 1.82) is 0 Å². The monoisotopic (exact) mass is 311 g/mol. The van der Waals surface area contributed by atoms with Crippen molar-refractivity contribution in [3.63, 3.8) is 0 Å². The molecule has 0 aliphatic rings. The van der Waals surface area contributed by atoms with E-state index < -0.39 is 6.10 Å². The zero-order valence-corrected chi connectivity index (χ0v) is 12.5. The molecule has 1 heterocycles. The summed E-state index contributed by atoms with van der Waals surface area (Å²) in [5.41, 5.74) is 3.58. The average molecular weight is 311 g/mol. The largest absolute Gasteiger partial charge is 0.387 e. The molecule has 0 unspecified atom stereocenters. The first-order chi connectivity index (χ1) is 11.2. The number of aromatic nitrogens is 2. The van der Waals surface area contributed by atoms with Gasteiger partial charge in [0, 0.05) is 24.2 Å². The maximum atomic E-state index is 13.0. The molecule has 0 aliphatic heterocycles. The molecule has 0 saturated heterocycles. The van der Waals surface area contributed by atoms with Gasteiger partial charge in [-0.1, -0.05) is 30.3 Å². The SMILES string of the molecule is O[C@@H](CNCc1cn[nH]c1-c1ccc(F)cc1)c1ccccc1. The molecule has 0 amide bonds. The highest BCUT2D eigenvalue weighted by Gasteiger charge is 2.10. The molecule has 0 saturated carbocycles. The zero-order valence-electron chi connectivity index (χ0n) is 12.5. The molecule has 3 N–H and O–H groups in total. The first kappa shape index (κ1) is 15.4. The molecule has 0 radical (unpaired) electrons. The number of rotatable bonds is 6. The maximum absolute atomic E-state index is 13.0. The number of aliphatic hydroxyl groups is 1. The highest BCUT2D eigenvalue weighted by molar-refractivity contribution is 5.62. The summed E-state index contributed by atoms with van der Waals surface area (Å²) in [4.78, 5) is 0. The van der Waals surface area contributed by atoms with E-state index in [-0.39, 0.29) is 5.82 Å². The minimum Gasteiger partial charge on any atom is -0.387 e. The summed E-state index contributed by atoms with van der Waals surface area (Å²) in [5.74, 6) is -0.265. The third kappa shape index (κ3) is 3.83. The smallest absolute Gasteiger partial charge is 0.123 e. The van der Waals surface area contributed by atoms with Crippen molar-refractivity contribution < 1.29 is 9.50 Å². The second-order valence-electron chi connectivity index (χ2n) is 5.33. The van der Waals surface area contributed by atoms with Gasteiger partial charge in [0.05, 0.1) is 18.0 Å². The number of hydrogen-bond acceptors (Lipinski definition) is 3. The normalized spacial score (nSPS) is 12.3. The molecule has 4 nitrogen and oxygen atoms in total. The minimum atomic E-state index is -0.558. The van der Waals surface area contributed by atoms with E-state index in [1.165, 1.54) is 12.1 Å². The molecule has 5 heteroatoms. The Hall–Kier alpha value is -2.50. The number of benzene rings is 2.